The normalized spacial score (nSPS) is 24.2. The van der Waals surface area contributed by atoms with Crippen molar-refractivity contribution in [3.05, 3.63) is 27.7 Å². The lowest BCUT2D eigenvalue weighted by atomic mass is 10.0. The maximum Gasteiger partial charge on any atom is 0.266 e. The number of nitrogens with zero attached hydrogens (tertiary/aromatic N) is 3. The molecule has 5 heteroatoms. The van der Waals surface area contributed by atoms with E-state index in [0.717, 1.165) is 50.3 Å². The third-order valence-corrected chi connectivity index (χ3v) is 4.05. The smallest absolute Gasteiger partial charge is 0.266 e. The lowest BCUT2D eigenvalue weighted by molar-refractivity contribution is -0.00818. The molecule has 3 heterocycles. The van der Waals surface area contributed by atoms with Gasteiger partial charge < -0.3 is 4.74 Å². The minimum atomic E-state index is -0.0190. The molecular weight excluding hydrogens is 242 g/mol. The molecule has 2 aliphatic heterocycles. The average Bonchev–Trinajstić information content (AvgIpc) is 2.42. The highest BCUT2D eigenvalue weighted by atomic mass is 16.5. The van der Waals surface area contributed by atoms with E-state index in [2.05, 4.69) is 10.00 Å². The van der Waals surface area contributed by atoms with Crippen LogP contribution in [0.25, 0.3) is 0 Å². The molecule has 5 nitrogen and oxygen atoms in total. The van der Waals surface area contributed by atoms with Crippen LogP contribution in [0, 0.1) is 0 Å². The van der Waals surface area contributed by atoms with Crippen molar-refractivity contribution in [2.24, 2.45) is 7.05 Å². The molecule has 0 bridgehead atoms. The molecule has 0 aromatic carbocycles. The van der Waals surface area contributed by atoms with E-state index in [4.69, 9.17) is 4.74 Å². The van der Waals surface area contributed by atoms with Gasteiger partial charge in [0.2, 0.25) is 0 Å². The molecule has 1 fully saturated rings. The minimum absolute atomic E-state index is 0.0190. The van der Waals surface area contributed by atoms with Gasteiger partial charge in [-0.25, -0.2) is 4.68 Å². The molecular formula is C14H21N3O2. The van der Waals surface area contributed by atoms with Gasteiger partial charge in [0.25, 0.3) is 5.56 Å². The van der Waals surface area contributed by atoms with E-state index in [1.165, 1.54) is 17.5 Å². The lowest BCUT2D eigenvalue weighted by Crippen LogP contribution is -2.40. The lowest BCUT2D eigenvalue weighted by Gasteiger charge is -2.32. The summed E-state index contributed by atoms with van der Waals surface area (Å²) in [6, 6.07) is 1.73. The van der Waals surface area contributed by atoms with Crippen LogP contribution < -0.4 is 5.56 Å². The zero-order valence-electron chi connectivity index (χ0n) is 11.5. The van der Waals surface area contributed by atoms with E-state index >= 15 is 0 Å². The van der Waals surface area contributed by atoms with Gasteiger partial charge in [-0.15, -0.1) is 0 Å². The number of fused-ring (bicyclic) bond motifs is 1. The van der Waals surface area contributed by atoms with Crippen LogP contribution >= 0.6 is 0 Å². The molecule has 0 saturated carbocycles. The fraction of sp³-hybridized carbons (Fsp3) is 0.714. The summed E-state index contributed by atoms with van der Waals surface area (Å²) in [7, 11) is 1.71. The second kappa shape index (κ2) is 5.43. The second-order valence-electron chi connectivity index (χ2n) is 5.55. The summed E-state index contributed by atoms with van der Waals surface area (Å²) >= 11 is 0. The van der Waals surface area contributed by atoms with Crippen LogP contribution in [0.15, 0.2) is 10.9 Å². The fourth-order valence-electron chi connectivity index (χ4n) is 2.95. The van der Waals surface area contributed by atoms with Crippen molar-refractivity contribution in [2.45, 2.75) is 38.3 Å². The zero-order valence-corrected chi connectivity index (χ0v) is 11.5. The molecule has 104 valence electrons. The van der Waals surface area contributed by atoms with Crippen molar-refractivity contribution in [2.75, 3.05) is 19.7 Å². The summed E-state index contributed by atoms with van der Waals surface area (Å²) in [5.41, 5.74) is 2.14. The first-order valence-electron chi connectivity index (χ1n) is 7.12. The summed E-state index contributed by atoms with van der Waals surface area (Å²) in [6.07, 6.45) is 4.93. The van der Waals surface area contributed by atoms with E-state index in [1.54, 1.807) is 13.1 Å². The molecule has 1 aromatic heterocycles. The Hall–Kier alpha value is -1.20. The third-order valence-electron chi connectivity index (χ3n) is 4.05. The minimum Gasteiger partial charge on any atom is -0.377 e. The van der Waals surface area contributed by atoms with Crippen LogP contribution in [0.4, 0.5) is 0 Å². The van der Waals surface area contributed by atoms with Crippen molar-refractivity contribution in [3.63, 3.8) is 0 Å². The van der Waals surface area contributed by atoms with Gasteiger partial charge in [0.1, 0.15) is 0 Å². The van der Waals surface area contributed by atoms with Gasteiger partial charge in [-0.05, 0) is 24.8 Å². The predicted molar refractivity (Wildman–Crippen MR) is 72.1 cm³/mol. The van der Waals surface area contributed by atoms with Crippen molar-refractivity contribution in [3.8, 4) is 0 Å². The highest BCUT2D eigenvalue weighted by Crippen LogP contribution is 2.19. The van der Waals surface area contributed by atoms with Crippen LogP contribution in [0.2, 0.25) is 0 Å². The molecule has 0 amide bonds. The average molecular weight is 263 g/mol. The molecule has 1 saturated heterocycles. The second-order valence-corrected chi connectivity index (χ2v) is 5.55. The van der Waals surface area contributed by atoms with Gasteiger partial charge in [0, 0.05) is 45.8 Å². The summed E-state index contributed by atoms with van der Waals surface area (Å²) in [5, 5.41) is 4.34. The number of aromatic nitrogens is 2. The number of hydrogen-bond acceptors (Lipinski definition) is 4. The molecule has 0 aliphatic carbocycles. The Morgan fingerprint density at radius 3 is 3.16 bits per heavy atom. The van der Waals surface area contributed by atoms with E-state index in [9.17, 15) is 4.79 Å². The summed E-state index contributed by atoms with van der Waals surface area (Å²) < 4.78 is 7.22. The molecule has 0 N–H and O–H groups in total. The summed E-state index contributed by atoms with van der Waals surface area (Å²) in [6.45, 7) is 3.72. The monoisotopic (exact) mass is 263 g/mol. The molecule has 1 unspecified atom stereocenters. The molecule has 3 rings (SSSR count). The quantitative estimate of drug-likeness (QED) is 0.788. The maximum absolute atomic E-state index is 11.6. The molecule has 19 heavy (non-hydrogen) atoms. The summed E-state index contributed by atoms with van der Waals surface area (Å²) in [4.78, 5) is 14.0. The van der Waals surface area contributed by atoms with Gasteiger partial charge in [0.05, 0.1) is 11.8 Å². The number of rotatable bonds is 2. The molecule has 1 aromatic rings. The van der Waals surface area contributed by atoms with Gasteiger partial charge in [-0.3, -0.25) is 9.69 Å². The molecule has 2 aliphatic rings. The highest BCUT2D eigenvalue weighted by Gasteiger charge is 2.22. The standard InChI is InChI=1S/C14H21N3O2/c1-16-14(18)8-11-9-17(6-5-13(11)15-16)10-12-4-2-3-7-19-12/h8,12H,2-7,9-10H2,1H3. The van der Waals surface area contributed by atoms with E-state index in [0.29, 0.717) is 6.10 Å². The first kappa shape index (κ1) is 12.8. The van der Waals surface area contributed by atoms with Crippen molar-refractivity contribution in [1.82, 2.24) is 14.7 Å². The Bertz CT molecular complexity index is 506. The Labute approximate surface area is 113 Å². The first-order chi connectivity index (χ1) is 9.22. The van der Waals surface area contributed by atoms with Crippen LogP contribution in [0.5, 0.6) is 0 Å². The van der Waals surface area contributed by atoms with Crippen molar-refractivity contribution in [1.29, 1.82) is 0 Å². The maximum atomic E-state index is 11.6. The van der Waals surface area contributed by atoms with Gasteiger partial charge in [-0.1, -0.05) is 0 Å². The van der Waals surface area contributed by atoms with Gasteiger partial charge >= 0.3 is 0 Å². The van der Waals surface area contributed by atoms with Crippen LogP contribution in [-0.2, 0) is 24.8 Å². The fourth-order valence-corrected chi connectivity index (χ4v) is 2.95. The van der Waals surface area contributed by atoms with Crippen LogP contribution in [0.1, 0.15) is 30.5 Å². The van der Waals surface area contributed by atoms with E-state index < -0.39 is 0 Å². The first-order valence-corrected chi connectivity index (χ1v) is 7.12. The van der Waals surface area contributed by atoms with E-state index in [1.807, 2.05) is 0 Å². The zero-order chi connectivity index (χ0) is 13.2. The van der Waals surface area contributed by atoms with Gasteiger partial charge in [-0.2, -0.15) is 5.10 Å². The molecule has 0 radical (unpaired) electrons. The largest absolute Gasteiger partial charge is 0.377 e. The number of aryl methyl sites for hydroxylation is 1. The Morgan fingerprint density at radius 2 is 2.37 bits per heavy atom. The van der Waals surface area contributed by atoms with Crippen molar-refractivity contribution >= 4 is 0 Å². The molecule has 0 spiro atoms. The van der Waals surface area contributed by atoms with Crippen LogP contribution in [-0.4, -0.2) is 40.5 Å². The summed E-state index contributed by atoms with van der Waals surface area (Å²) in [5.74, 6) is 0. The number of ether oxygens (including phenoxy) is 1. The van der Waals surface area contributed by atoms with Gasteiger partial charge in [0.15, 0.2) is 0 Å². The third kappa shape index (κ3) is 2.87. The van der Waals surface area contributed by atoms with Crippen LogP contribution in [0.3, 0.4) is 0 Å². The molecule has 1 atom stereocenters. The predicted octanol–water partition coefficient (Wildman–Crippen LogP) is 0.707. The SMILES string of the molecule is Cn1nc2c(cc1=O)CN(CC1CCCCO1)CC2. The van der Waals surface area contributed by atoms with Crippen molar-refractivity contribution < 1.29 is 4.74 Å². The Kier molecular flexibility index (Phi) is 3.66. The Morgan fingerprint density at radius 1 is 1.47 bits per heavy atom. The van der Waals surface area contributed by atoms with E-state index in [-0.39, 0.29) is 5.56 Å². The highest BCUT2D eigenvalue weighted by molar-refractivity contribution is 5.20. The Balaban J connectivity index is 1.68. The number of hydrogen-bond donors (Lipinski definition) is 0. The topological polar surface area (TPSA) is 47.4 Å².